The lowest BCUT2D eigenvalue weighted by molar-refractivity contribution is -0.116. The molecule has 6 heteroatoms. The van der Waals surface area contributed by atoms with E-state index in [1.807, 2.05) is 6.92 Å². The Labute approximate surface area is 157 Å². The summed E-state index contributed by atoms with van der Waals surface area (Å²) in [5.74, 6) is -0.196. The first-order chi connectivity index (χ1) is 13.0. The summed E-state index contributed by atoms with van der Waals surface area (Å²) in [4.78, 5) is 38.2. The molecule has 0 heterocycles. The van der Waals surface area contributed by atoms with Gasteiger partial charge in [0, 0.05) is 29.3 Å². The van der Waals surface area contributed by atoms with Crippen LogP contribution in [0.25, 0.3) is 0 Å². The summed E-state index contributed by atoms with van der Waals surface area (Å²) in [7, 11) is 2.88. The van der Waals surface area contributed by atoms with Gasteiger partial charge in [-0.15, -0.1) is 0 Å². The van der Waals surface area contributed by atoms with Crippen molar-refractivity contribution >= 4 is 23.2 Å². The van der Waals surface area contributed by atoms with Crippen LogP contribution in [0, 0.1) is 0 Å². The van der Waals surface area contributed by atoms with E-state index in [4.69, 9.17) is 9.47 Å². The zero-order chi connectivity index (χ0) is 19.6. The molecule has 2 aromatic rings. The highest BCUT2D eigenvalue weighted by molar-refractivity contribution is 6.30. The van der Waals surface area contributed by atoms with Crippen LogP contribution >= 0.6 is 0 Å². The van der Waals surface area contributed by atoms with E-state index in [1.165, 1.54) is 20.3 Å². The highest BCUT2D eigenvalue weighted by Gasteiger charge is 2.35. The van der Waals surface area contributed by atoms with Gasteiger partial charge >= 0.3 is 0 Å². The molecule has 0 bridgehead atoms. The second kappa shape index (κ2) is 7.61. The number of unbranched alkanes of at least 4 members (excludes halogenated alkanes) is 1. The summed E-state index contributed by atoms with van der Waals surface area (Å²) in [6.45, 7) is 2.01. The van der Waals surface area contributed by atoms with Crippen molar-refractivity contribution in [1.82, 2.24) is 0 Å². The Kier molecular flexibility index (Phi) is 5.26. The molecular formula is C21H21NO5. The van der Waals surface area contributed by atoms with Crippen LogP contribution in [0.15, 0.2) is 30.3 Å². The standard InChI is InChI=1S/C21H21NO5/c1-4-5-9-17(23)22-12-10-14-19(16(11-12)27-3)21(25)18-13(20(14)24)7-6-8-15(18)26-2/h6-8,10-11H,4-5,9H2,1-3H3,(H,22,23). The van der Waals surface area contributed by atoms with Gasteiger partial charge in [0.25, 0.3) is 0 Å². The molecule has 0 aromatic heterocycles. The molecule has 0 saturated carbocycles. The molecule has 1 amide bonds. The SMILES string of the molecule is CCCCC(=O)Nc1cc(OC)c2c(c1)C(=O)c1cccc(OC)c1C2=O. The van der Waals surface area contributed by atoms with Crippen molar-refractivity contribution in [2.24, 2.45) is 0 Å². The van der Waals surface area contributed by atoms with Crippen LogP contribution in [-0.2, 0) is 4.79 Å². The fourth-order valence-electron chi connectivity index (χ4n) is 3.22. The van der Waals surface area contributed by atoms with Gasteiger partial charge in [-0.1, -0.05) is 25.5 Å². The van der Waals surface area contributed by atoms with Crippen molar-refractivity contribution in [3.8, 4) is 11.5 Å². The molecule has 6 nitrogen and oxygen atoms in total. The Morgan fingerprint density at radius 3 is 2.33 bits per heavy atom. The van der Waals surface area contributed by atoms with E-state index in [1.54, 1.807) is 24.3 Å². The number of ketones is 2. The van der Waals surface area contributed by atoms with Crippen LogP contribution in [-0.4, -0.2) is 31.7 Å². The number of ether oxygens (including phenoxy) is 2. The average Bonchev–Trinajstić information content (AvgIpc) is 2.69. The van der Waals surface area contributed by atoms with Crippen LogP contribution in [0.3, 0.4) is 0 Å². The fourth-order valence-corrected chi connectivity index (χ4v) is 3.22. The minimum absolute atomic E-state index is 0.143. The van der Waals surface area contributed by atoms with E-state index in [2.05, 4.69) is 5.32 Å². The average molecular weight is 367 g/mol. The molecule has 1 N–H and O–H groups in total. The summed E-state index contributed by atoms with van der Waals surface area (Å²) in [5, 5.41) is 2.78. The van der Waals surface area contributed by atoms with Crippen molar-refractivity contribution in [2.75, 3.05) is 19.5 Å². The smallest absolute Gasteiger partial charge is 0.224 e. The number of methoxy groups -OCH3 is 2. The van der Waals surface area contributed by atoms with Crippen LogP contribution in [0.1, 0.15) is 58.0 Å². The zero-order valence-corrected chi connectivity index (χ0v) is 15.5. The van der Waals surface area contributed by atoms with Gasteiger partial charge in [0.2, 0.25) is 11.7 Å². The minimum atomic E-state index is -0.335. The van der Waals surface area contributed by atoms with Crippen LogP contribution < -0.4 is 14.8 Å². The maximum absolute atomic E-state index is 13.1. The normalized spacial score (nSPS) is 12.3. The second-order valence-corrected chi connectivity index (χ2v) is 6.29. The molecule has 1 aliphatic carbocycles. The number of amides is 1. The van der Waals surface area contributed by atoms with Crippen LogP contribution in [0.2, 0.25) is 0 Å². The first-order valence-corrected chi connectivity index (χ1v) is 8.80. The largest absolute Gasteiger partial charge is 0.496 e. The van der Waals surface area contributed by atoms with Crippen LogP contribution in [0.5, 0.6) is 11.5 Å². The number of hydrogen-bond acceptors (Lipinski definition) is 5. The lowest BCUT2D eigenvalue weighted by Crippen LogP contribution is -2.23. The van der Waals surface area contributed by atoms with Crippen molar-refractivity contribution in [2.45, 2.75) is 26.2 Å². The molecule has 3 rings (SSSR count). The highest BCUT2D eigenvalue weighted by atomic mass is 16.5. The first-order valence-electron chi connectivity index (χ1n) is 8.80. The van der Waals surface area contributed by atoms with E-state index < -0.39 is 0 Å². The third kappa shape index (κ3) is 3.30. The van der Waals surface area contributed by atoms with Gasteiger partial charge in [0.1, 0.15) is 11.5 Å². The molecule has 0 aliphatic heterocycles. The maximum atomic E-state index is 13.1. The lowest BCUT2D eigenvalue weighted by Gasteiger charge is -2.22. The molecular weight excluding hydrogens is 346 g/mol. The summed E-state index contributed by atoms with van der Waals surface area (Å²) < 4.78 is 10.6. The Hall–Kier alpha value is -3.15. The van der Waals surface area contributed by atoms with Crippen molar-refractivity contribution in [3.05, 3.63) is 52.6 Å². The number of anilines is 1. The lowest BCUT2D eigenvalue weighted by atomic mass is 9.82. The van der Waals surface area contributed by atoms with Gasteiger partial charge < -0.3 is 14.8 Å². The van der Waals surface area contributed by atoms with Crippen molar-refractivity contribution in [1.29, 1.82) is 0 Å². The molecule has 1 aliphatic rings. The maximum Gasteiger partial charge on any atom is 0.224 e. The summed E-state index contributed by atoms with van der Waals surface area (Å²) >= 11 is 0. The molecule has 0 fully saturated rings. The van der Waals surface area contributed by atoms with Gasteiger partial charge in [-0.25, -0.2) is 0 Å². The number of nitrogens with one attached hydrogen (secondary N) is 1. The van der Waals surface area contributed by atoms with Gasteiger partial charge in [0.05, 0.1) is 25.3 Å². The molecule has 0 radical (unpaired) electrons. The Bertz CT molecular complexity index is 932. The zero-order valence-electron chi connectivity index (χ0n) is 15.5. The Morgan fingerprint density at radius 1 is 0.963 bits per heavy atom. The van der Waals surface area contributed by atoms with E-state index in [9.17, 15) is 14.4 Å². The predicted molar refractivity (Wildman–Crippen MR) is 101 cm³/mol. The fraction of sp³-hybridized carbons (Fsp3) is 0.286. The molecule has 140 valence electrons. The van der Waals surface area contributed by atoms with E-state index in [-0.39, 0.29) is 45.5 Å². The third-order valence-corrected chi connectivity index (χ3v) is 4.55. The minimum Gasteiger partial charge on any atom is -0.496 e. The topological polar surface area (TPSA) is 81.7 Å². The number of hydrogen-bond donors (Lipinski definition) is 1. The first kappa shape index (κ1) is 18.6. The monoisotopic (exact) mass is 367 g/mol. The van der Waals surface area contributed by atoms with Gasteiger partial charge in [-0.3, -0.25) is 14.4 Å². The van der Waals surface area contributed by atoms with Crippen molar-refractivity contribution < 1.29 is 23.9 Å². The number of benzene rings is 2. The summed E-state index contributed by atoms with van der Waals surface area (Å²) in [5.41, 5.74) is 1.34. The van der Waals surface area contributed by atoms with Crippen LogP contribution in [0.4, 0.5) is 5.69 Å². The quantitative estimate of drug-likeness (QED) is 0.720. The molecule has 0 spiro atoms. The summed E-state index contributed by atoms with van der Waals surface area (Å²) in [6.07, 6.45) is 2.08. The number of carbonyl (C=O) groups is 3. The number of carbonyl (C=O) groups excluding carboxylic acids is 3. The molecule has 0 atom stereocenters. The van der Waals surface area contributed by atoms with E-state index in [0.29, 0.717) is 17.9 Å². The molecule has 27 heavy (non-hydrogen) atoms. The van der Waals surface area contributed by atoms with Gasteiger partial charge in [0.15, 0.2) is 5.78 Å². The highest BCUT2D eigenvalue weighted by Crippen LogP contribution is 2.38. The summed E-state index contributed by atoms with van der Waals surface area (Å²) in [6, 6.07) is 8.00. The Morgan fingerprint density at radius 2 is 1.67 bits per heavy atom. The Balaban J connectivity index is 2.09. The predicted octanol–water partition coefficient (Wildman–Crippen LogP) is 3.61. The number of fused-ring (bicyclic) bond motifs is 2. The molecule has 2 aromatic carbocycles. The van der Waals surface area contributed by atoms with E-state index in [0.717, 1.165) is 12.8 Å². The number of rotatable bonds is 6. The van der Waals surface area contributed by atoms with Gasteiger partial charge in [-0.05, 0) is 18.6 Å². The van der Waals surface area contributed by atoms with Crippen molar-refractivity contribution in [3.63, 3.8) is 0 Å². The molecule has 0 saturated heterocycles. The second-order valence-electron chi connectivity index (χ2n) is 6.29. The van der Waals surface area contributed by atoms with E-state index >= 15 is 0 Å². The molecule has 0 unspecified atom stereocenters. The van der Waals surface area contributed by atoms with Gasteiger partial charge in [-0.2, -0.15) is 0 Å². The third-order valence-electron chi connectivity index (χ3n) is 4.55.